The van der Waals surface area contributed by atoms with Crippen LogP contribution in [0.1, 0.15) is 5.56 Å². The third-order valence-corrected chi connectivity index (χ3v) is 4.32. The number of carbonyl (C=O) groups excluding carboxylic acids is 1. The van der Waals surface area contributed by atoms with Gasteiger partial charge in [-0.25, -0.2) is 13.2 Å². The van der Waals surface area contributed by atoms with Crippen LogP contribution < -0.4 is 9.46 Å². The maximum absolute atomic E-state index is 12.7. The Morgan fingerprint density at radius 3 is 2.44 bits per heavy atom. The van der Waals surface area contributed by atoms with Crippen molar-refractivity contribution in [1.82, 2.24) is 0 Å². The van der Waals surface area contributed by atoms with E-state index in [4.69, 9.17) is 4.74 Å². The highest BCUT2D eigenvalue weighted by Gasteiger charge is 2.31. The Morgan fingerprint density at radius 1 is 1.12 bits per heavy atom. The molecule has 2 aromatic rings. The number of carbonyl (C=O) groups is 1. The SMILES string of the molecule is C=CC(=O)Oc1cccc(NS(=O)(=O)c2cccc(C(F)(F)F)c2)c1. The molecular formula is C16H12F3NO4S. The molecule has 5 nitrogen and oxygen atoms in total. The monoisotopic (exact) mass is 371 g/mol. The number of hydrogen-bond acceptors (Lipinski definition) is 4. The lowest BCUT2D eigenvalue weighted by molar-refractivity contribution is -0.137. The molecule has 0 saturated carbocycles. The Labute approximate surface area is 141 Å². The molecule has 0 fully saturated rings. The molecule has 0 spiro atoms. The zero-order valence-electron chi connectivity index (χ0n) is 12.6. The number of esters is 1. The molecule has 0 amide bonds. The van der Waals surface area contributed by atoms with Gasteiger partial charge in [0.25, 0.3) is 10.0 Å². The summed E-state index contributed by atoms with van der Waals surface area (Å²) >= 11 is 0. The van der Waals surface area contributed by atoms with Crippen LogP contribution >= 0.6 is 0 Å². The van der Waals surface area contributed by atoms with Gasteiger partial charge in [0.1, 0.15) is 5.75 Å². The molecule has 1 N–H and O–H groups in total. The molecule has 0 aliphatic heterocycles. The Morgan fingerprint density at radius 2 is 1.80 bits per heavy atom. The van der Waals surface area contributed by atoms with Crippen LogP contribution in [-0.2, 0) is 21.0 Å². The topological polar surface area (TPSA) is 72.5 Å². The molecule has 0 aliphatic carbocycles. The highest BCUT2D eigenvalue weighted by Crippen LogP contribution is 2.31. The minimum absolute atomic E-state index is 0.0202. The molecule has 0 heterocycles. The normalized spacial score (nSPS) is 11.6. The average Bonchev–Trinajstić information content (AvgIpc) is 2.54. The summed E-state index contributed by atoms with van der Waals surface area (Å²) in [4.78, 5) is 10.6. The minimum Gasteiger partial charge on any atom is -0.423 e. The molecule has 25 heavy (non-hydrogen) atoms. The molecular weight excluding hydrogens is 359 g/mol. The van der Waals surface area contributed by atoms with E-state index in [-0.39, 0.29) is 11.4 Å². The molecule has 0 aliphatic rings. The van der Waals surface area contributed by atoms with Gasteiger partial charge in [0, 0.05) is 12.1 Å². The van der Waals surface area contributed by atoms with Crippen LogP contribution in [-0.4, -0.2) is 14.4 Å². The Balaban J connectivity index is 2.29. The number of halogens is 3. The molecule has 0 unspecified atom stereocenters. The van der Waals surface area contributed by atoms with E-state index in [2.05, 4.69) is 11.3 Å². The fourth-order valence-corrected chi connectivity index (χ4v) is 2.93. The van der Waals surface area contributed by atoms with Crippen molar-refractivity contribution in [3.05, 3.63) is 66.7 Å². The van der Waals surface area contributed by atoms with Gasteiger partial charge in [-0.2, -0.15) is 13.2 Å². The summed E-state index contributed by atoms with van der Waals surface area (Å²) in [5.41, 5.74) is -1.06. The van der Waals surface area contributed by atoms with E-state index in [0.29, 0.717) is 6.07 Å². The third kappa shape index (κ3) is 4.83. The van der Waals surface area contributed by atoms with Gasteiger partial charge < -0.3 is 4.74 Å². The van der Waals surface area contributed by atoms with Crippen LogP contribution in [0.4, 0.5) is 18.9 Å². The van der Waals surface area contributed by atoms with Crippen LogP contribution in [0.5, 0.6) is 5.75 Å². The number of rotatable bonds is 5. The predicted octanol–water partition coefficient (Wildman–Crippen LogP) is 3.60. The molecule has 2 aromatic carbocycles. The molecule has 132 valence electrons. The molecule has 0 bridgehead atoms. The number of sulfonamides is 1. The lowest BCUT2D eigenvalue weighted by Crippen LogP contribution is -2.14. The van der Waals surface area contributed by atoms with Gasteiger partial charge in [-0.1, -0.05) is 18.7 Å². The quantitative estimate of drug-likeness (QED) is 0.495. The van der Waals surface area contributed by atoms with Gasteiger partial charge in [0.2, 0.25) is 0 Å². The van der Waals surface area contributed by atoms with Gasteiger partial charge in [-0.05, 0) is 30.3 Å². The van der Waals surface area contributed by atoms with Crippen LogP contribution in [0.15, 0.2) is 66.1 Å². The Kier molecular flexibility index (Phi) is 5.17. The van der Waals surface area contributed by atoms with Crippen LogP contribution in [0.25, 0.3) is 0 Å². The molecule has 9 heteroatoms. The van der Waals surface area contributed by atoms with Crippen LogP contribution in [0, 0.1) is 0 Å². The second-order valence-electron chi connectivity index (χ2n) is 4.78. The van der Waals surface area contributed by atoms with Crippen molar-refractivity contribution < 1.29 is 31.1 Å². The maximum Gasteiger partial charge on any atom is 0.416 e. The van der Waals surface area contributed by atoms with Gasteiger partial charge in [-0.3, -0.25) is 4.72 Å². The first kappa shape index (κ1) is 18.5. The maximum atomic E-state index is 12.7. The second kappa shape index (κ2) is 6.98. The summed E-state index contributed by atoms with van der Waals surface area (Å²) in [7, 11) is -4.26. The zero-order chi connectivity index (χ0) is 18.7. The van der Waals surface area contributed by atoms with E-state index in [1.165, 1.54) is 24.3 Å². The fourth-order valence-electron chi connectivity index (χ4n) is 1.83. The van der Waals surface area contributed by atoms with Crippen molar-refractivity contribution in [1.29, 1.82) is 0 Å². The Bertz CT molecular complexity index is 908. The van der Waals surface area contributed by atoms with Crippen molar-refractivity contribution >= 4 is 21.7 Å². The lowest BCUT2D eigenvalue weighted by Gasteiger charge is -2.11. The first-order valence-corrected chi connectivity index (χ1v) is 8.24. The van der Waals surface area contributed by atoms with E-state index in [9.17, 15) is 26.4 Å². The summed E-state index contributed by atoms with van der Waals surface area (Å²) in [6.07, 6.45) is -3.73. The molecule has 0 radical (unpaired) electrons. The first-order chi connectivity index (χ1) is 11.6. The van der Waals surface area contributed by atoms with E-state index < -0.39 is 32.6 Å². The predicted molar refractivity (Wildman–Crippen MR) is 84.5 cm³/mol. The summed E-state index contributed by atoms with van der Waals surface area (Å²) in [5.74, 6) is -0.688. The summed E-state index contributed by atoms with van der Waals surface area (Å²) in [6, 6.07) is 8.74. The van der Waals surface area contributed by atoms with Crippen molar-refractivity contribution in [3.8, 4) is 5.75 Å². The summed E-state index contributed by atoms with van der Waals surface area (Å²) in [6.45, 7) is 3.23. The largest absolute Gasteiger partial charge is 0.423 e. The third-order valence-electron chi connectivity index (χ3n) is 2.94. The van der Waals surface area contributed by atoms with E-state index >= 15 is 0 Å². The average molecular weight is 371 g/mol. The standard InChI is InChI=1S/C16H12F3NO4S/c1-2-15(21)24-13-7-4-6-12(10-13)20-25(22,23)14-8-3-5-11(9-14)16(17,18)19/h2-10,20H,1H2. The molecule has 0 aromatic heterocycles. The minimum atomic E-state index is -4.66. The van der Waals surface area contributed by atoms with Crippen molar-refractivity contribution in [2.24, 2.45) is 0 Å². The first-order valence-electron chi connectivity index (χ1n) is 6.76. The van der Waals surface area contributed by atoms with E-state index in [0.717, 1.165) is 24.3 Å². The number of alkyl halides is 3. The highest BCUT2D eigenvalue weighted by atomic mass is 32.2. The van der Waals surface area contributed by atoms with Crippen molar-refractivity contribution in [2.75, 3.05) is 4.72 Å². The van der Waals surface area contributed by atoms with Gasteiger partial charge >= 0.3 is 12.1 Å². The summed E-state index contributed by atoms with van der Waals surface area (Å²) < 4.78 is 69.7. The Hall–Kier alpha value is -2.81. The fraction of sp³-hybridized carbons (Fsp3) is 0.0625. The number of benzene rings is 2. The van der Waals surface area contributed by atoms with Gasteiger partial charge in [-0.15, -0.1) is 0 Å². The number of hydrogen-bond donors (Lipinski definition) is 1. The van der Waals surface area contributed by atoms with E-state index in [1.54, 1.807) is 0 Å². The second-order valence-corrected chi connectivity index (χ2v) is 6.47. The zero-order valence-corrected chi connectivity index (χ0v) is 13.4. The molecule has 0 saturated heterocycles. The van der Waals surface area contributed by atoms with Crippen LogP contribution in [0.3, 0.4) is 0 Å². The number of nitrogens with one attached hydrogen (secondary N) is 1. The van der Waals surface area contributed by atoms with Crippen LogP contribution in [0.2, 0.25) is 0 Å². The molecule has 2 rings (SSSR count). The highest BCUT2D eigenvalue weighted by molar-refractivity contribution is 7.92. The smallest absolute Gasteiger partial charge is 0.416 e. The van der Waals surface area contributed by atoms with Gasteiger partial charge in [0.05, 0.1) is 16.1 Å². The van der Waals surface area contributed by atoms with Gasteiger partial charge in [0.15, 0.2) is 0 Å². The number of ether oxygens (including phenoxy) is 1. The van der Waals surface area contributed by atoms with Crippen molar-refractivity contribution in [3.63, 3.8) is 0 Å². The van der Waals surface area contributed by atoms with Crippen molar-refractivity contribution in [2.45, 2.75) is 11.1 Å². The molecule has 0 atom stereocenters. The number of anilines is 1. The van der Waals surface area contributed by atoms with E-state index in [1.807, 2.05) is 0 Å². The summed E-state index contributed by atoms with van der Waals surface area (Å²) in [5, 5.41) is 0. The lowest BCUT2D eigenvalue weighted by atomic mass is 10.2.